The fourth-order valence-electron chi connectivity index (χ4n) is 1.33. The highest BCUT2D eigenvalue weighted by molar-refractivity contribution is 5.89. The molecule has 0 fully saturated rings. The van der Waals surface area contributed by atoms with Gasteiger partial charge in [0.2, 0.25) is 0 Å². The Labute approximate surface area is 127 Å². The van der Waals surface area contributed by atoms with Crippen LogP contribution in [0.3, 0.4) is 0 Å². The van der Waals surface area contributed by atoms with Crippen LogP contribution in [-0.2, 0) is 14.3 Å². The maximum absolute atomic E-state index is 11.5. The standard InChI is InChI=1S/C14H17N3O5/c1-9(2)12(18)21-7-8-22-14(20)17-11-5-3-10(4-6-11)16-13(15)19/h3-6H,1,7-8H2,2H3,(H,17,20)(H3,15,16,19). The number of hydrogen-bond donors (Lipinski definition) is 3. The third-order valence-electron chi connectivity index (χ3n) is 2.30. The molecule has 3 amide bonds. The van der Waals surface area contributed by atoms with Crippen molar-refractivity contribution in [1.82, 2.24) is 0 Å². The Morgan fingerprint density at radius 3 is 2.05 bits per heavy atom. The summed E-state index contributed by atoms with van der Waals surface area (Å²) in [6, 6.07) is 5.58. The number of benzene rings is 1. The van der Waals surface area contributed by atoms with Crippen LogP contribution in [-0.4, -0.2) is 31.3 Å². The molecule has 0 unspecified atom stereocenters. The molecule has 0 spiro atoms. The Hall–Kier alpha value is -3.03. The van der Waals surface area contributed by atoms with Crippen molar-refractivity contribution in [3.63, 3.8) is 0 Å². The van der Waals surface area contributed by atoms with Gasteiger partial charge < -0.3 is 20.5 Å². The molecule has 1 aromatic rings. The number of nitrogens with one attached hydrogen (secondary N) is 2. The monoisotopic (exact) mass is 307 g/mol. The van der Waals surface area contributed by atoms with Gasteiger partial charge in [0.1, 0.15) is 13.2 Å². The van der Waals surface area contributed by atoms with Gasteiger partial charge in [-0.2, -0.15) is 0 Å². The number of carbonyl (C=O) groups is 3. The number of anilines is 2. The average molecular weight is 307 g/mol. The van der Waals surface area contributed by atoms with Crippen LogP contribution in [0.4, 0.5) is 21.0 Å². The van der Waals surface area contributed by atoms with Gasteiger partial charge in [0.15, 0.2) is 0 Å². The zero-order valence-electron chi connectivity index (χ0n) is 12.0. The van der Waals surface area contributed by atoms with Gasteiger partial charge in [0, 0.05) is 16.9 Å². The summed E-state index contributed by atoms with van der Waals surface area (Å²) in [5, 5.41) is 4.86. The number of urea groups is 1. The highest BCUT2D eigenvalue weighted by atomic mass is 16.6. The van der Waals surface area contributed by atoms with E-state index in [1.807, 2.05) is 0 Å². The molecule has 0 atom stereocenters. The predicted octanol–water partition coefficient (Wildman–Crippen LogP) is 1.84. The zero-order chi connectivity index (χ0) is 16.5. The third kappa shape index (κ3) is 6.42. The van der Waals surface area contributed by atoms with Crippen LogP contribution in [0.1, 0.15) is 6.92 Å². The summed E-state index contributed by atoms with van der Waals surface area (Å²) in [6.07, 6.45) is -0.693. The summed E-state index contributed by atoms with van der Waals surface area (Å²) in [6.45, 7) is 4.81. The highest BCUT2D eigenvalue weighted by Gasteiger charge is 2.06. The molecule has 0 aliphatic carbocycles. The third-order valence-corrected chi connectivity index (χ3v) is 2.30. The fraction of sp³-hybridized carbons (Fsp3) is 0.214. The Morgan fingerprint density at radius 1 is 1.05 bits per heavy atom. The van der Waals surface area contributed by atoms with E-state index in [4.69, 9.17) is 15.2 Å². The van der Waals surface area contributed by atoms with Crippen molar-refractivity contribution in [3.8, 4) is 0 Å². The number of ether oxygens (including phenoxy) is 2. The molecule has 0 aromatic heterocycles. The molecule has 22 heavy (non-hydrogen) atoms. The van der Waals surface area contributed by atoms with Crippen LogP contribution in [0.15, 0.2) is 36.4 Å². The summed E-state index contributed by atoms with van der Waals surface area (Å²) in [7, 11) is 0. The Balaban J connectivity index is 2.31. The number of hydrogen-bond acceptors (Lipinski definition) is 5. The van der Waals surface area contributed by atoms with Crippen molar-refractivity contribution < 1.29 is 23.9 Å². The zero-order valence-corrected chi connectivity index (χ0v) is 12.0. The normalized spacial score (nSPS) is 9.50. The molecule has 1 aromatic carbocycles. The lowest BCUT2D eigenvalue weighted by Crippen LogP contribution is -2.19. The first-order valence-electron chi connectivity index (χ1n) is 6.31. The van der Waals surface area contributed by atoms with Gasteiger partial charge in [-0.05, 0) is 31.2 Å². The molecular weight excluding hydrogens is 290 g/mol. The Morgan fingerprint density at radius 2 is 1.55 bits per heavy atom. The number of amides is 3. The molecule has 8 heteroatoms. The molecule has 0 aliphatic rings. The minimum Gasteiger partial charge on any atom is -0.459 e. The first-order valence-corrected chi connectivity index (χ1v) is 6.31. The maximum Gasteiger partial charge on any atom is 0.411 e. The van der Waals surface area contributed by atoms with Crippen LogP contribution < -0.4 is 16.4 Å². The summed E-state index contributed by atoms with van der Waals surface area (Å²) in [5.41, 5.74) is 6.21. The first-order chi connectivity index (χ1) is 10.4. The topological polar surface area (TPSA) is 120 Å². The quantitative estimate of drug-likeness (QED) is 0.421. The van der Waals surface area contributed by atoms with E-state index in [9.17, 15) is 14.4 Å². The molecule has 1 rings (SSSR count). The minimum atomic E-state index is -0.693. The van der Waals surface area contributed by atoms with Gasteiger partial charge >= 0.3 is 18.1 Å². The van der Waals surface area contributed by atoms with Crippen molar-refractivity contribution in [1.29, 1.82) is 0 Å². The second kappa shape index (κ2) is 8.30. The largest absolute Gasteiger partial charge is 0.459 e. The number of esters is 1. The molecule has 0 aliphatic heterocycles. The number of carbonyl (C=O) groups excluding carboxylic acids is 3. The number of nitrogens with two attached hydrogens (primary N) is 1. The summed E-state index contributed by atoms with van der Waals surface area (Å²) in [5.74, 6) is -0.540. The van der Waals surface area contributed by atoms with E-state index in [0.29, 0.717) is 11.4 Å². The first kappa shape index (κ1) is 17.0. The fourth-order valence-corrected chi connectivity index (χ4v) is 1.33. The molecule has 0 saturated carbocycles. The second-order valence-electron chi connectivity index (χ2n) is 4.24. The van der Waals surface area contributed by atoms with E-state index >= 15 is 0 Å². The number of primary amides is 1. The minimum absolute atomic E-state index is 0.0550. The molecule has 0 saturated heterocycles. The summed E-state index contributed by atoms with van der Waals surface area (Å²) in [4.78, 5) is 33.2. The van der Waals surface area contributed by atoms with Crippen LogP contribution in [0.25, 0.3) is 0 Å². The van der Waals surface area contributed by atoms with Gasteiger partial charge in [0.25, 0.3) is 0 Å². The highest BCUT2D eigenvalue weighted by Crippen LogP contribution is 2.13. The van der Waals surface area contributed by atoms with E-state index in [1.165, 1.54) is 6.92 Å². The van der Waals surface area contributed by atoms with Gasteiger partial charge in [0.05, 0.1) is 0 Å². The van der Waals surface area contributed by atoms with Gasteiger partial charge in [-0.15, -0.1) is 0 Å². The molecule has 0 radical (unpaired) electrons. The molecule has 8 nitrogen and oxygen atoms in total. The lowest BCUT2D eigenvalue weighted by Gasteiger charge is -2.08. The van der Waals surface area contributed by atoms with Crippen molar-refractivity contribution in [3.05, 3.63) is 36.4 Å². The average Bonchev–Trinajstić information content (AvgIpc) is 2.44. The van der Waals surface area contributed by atoms with Crippen molar-refractivity contribution in [2.45, 2.75) is 6.92 Å². The van der Waals surface area contributed by atoms with Crippen LogP contribution >= 0.6 is 0 Å². The van der Waals surface area contributed by atoms with Gasteiger partial charge in [-0.25, -0.2) is 14.4 Å². The van der Waals surface area contributed by atoms with E-state index in [1.54, 1.807) is 24.3 Å². The van der Waals surface area contributed by atoms with E-state index < -0.39 is 18.1 Å². The van der Waals surface area contributed by atoms with Crippen molar-refractivity contribution in [2.24, 2.45) is 5.73 Å². The lowest BCUT2D eigenvalue weighted by atomic mass is 10.3. The van der Waals surface area contributed by atoms with Crippen molar-refractivity contribution >= 4 is 29.5 Å². The van der Waals surface area contributed by atoms with Crippen LogP contribution in [0.5, 0.6) is 0 Å². The van der Waals surface area contributed by atoms with Crippen molar-refractivity contribution in [2.75, 3.05) is 23.8 Å². The van der Waals surface area contributed by atoms with E-state index in [2.05, 4.69) is 17.2 Å². The van der Waals surface area contributed by atoms with E-state index in [-0.39, 0.29) is 18.8 Å². The molecular formula is C14H17N3O5. The van der Waals surface area contributed by atoms with Gasteiger partial charge in [-0.1, -0.05) is 6.58 Å². The Bertz CT molecular complexity index is 568. The molecule has 4 N–H and O–H groups in total. The summed E-state index contributed by atoms with van der Waals surface area (Å²) >= 11 is 0. The van der Waals surface area contributed by atoms with Gasteiger partial charge in [-0.3, -0.25) is 5.32 Å². The Kier molecular flexibility index (Phi) is 6.42. The van der Waals surface area contributed by atoms with E-state index in [0.717, 1.165) is 0 Å². The van der Waals surface area contributed by atoms with Crippen LogP contribution in [0.2, 0.25) is 0 Å². The SMILES string of the molecule is C=C(C)C(=O)OCCOC(=O)Nc1ccc(NC(N)=O)cc1. The smallest absolute Gasteiger partial charge is 0.411 e. The summed E-state index contributed by atoms with van der Waals surface area (Å²) < 4.78 is 9.59. The number of rotatable bonds is 6. The lowest BCUT2D eigenvalue weighted by molar-refractivity contribution is -0.139. The molecule has 118 valence electrons. The predicted molar refractivity (Wildman–Crippen MR) is 80.4 cm³/mol. The maximum atomic E-state index is 11.5. The second-order valence-corrected chi connectivity index (χ2v) is 4.24. The molecule has 0 bridgehead atoms. The molecule has 0 heterocycles. The van der Waals surface area contributed by atoms with Crippen LogP contribution in [0, 0.1) is 0 Å².